The van der Waals surface area contributed by atoms with E-state index in [1.807, 2.05) is 12.1 Å². The van der Waals surface area contributed by atoms with Gasteiger partial charge in [-0.05, 0) is 37.1 Å². The number of carbonyl (C=O) groups is 1. The number of hydrogen-bond acceptors (Lipinski definition) is 4. The molecule has 0 saturated carbocycles. The molecule has 0 saturated heterocycles. The van der Waals surface area contributed by atoms with Gasteiger partial charge in [-0.25, -0.2) is 0 Å². The Hall–Kier alpha value is -1.65. The molecule has 0 radical (unpaired) electrons. The van der Waals surface area contributed by atoms with Crippen LogP contribution >= 0.6 is 11.3 Å². The molecule has 0 aliphatic carbocycles. The Morgan fingerprint density at radius 3 is 2.76 bits per heavy atom. The summed E-state index contributed by atoms with van der Waals surface area (Å²) >= 11 is 1.67. The molecule has 4 heteroatoms. The quantitative estimate of drug-likeness (QED) is 0.830. The van der Waals surface area contributed by atoms with E-state index in [0.29, 0.717) is 6.61 Å². The molecule has 2 aromatic rings. The number of benzene rings is 1. The van der Waals surface area contributed by atoms with E-state index in [2.05, 4.69) is 31.2 Å². The Kier molecular flexibility index (Phi) is 5.53. The summed E-state index contributed by atoms with van der Waals surface area (Å²) in [4.78, 5) is 13.8. The van der Waals surface area contributed by atoms with E-state index in [9.17, 15) is 4.79 Å². The minimum Gasteiger partial charge on any atom is -0.466 e. The van der Waals surface area contributed by atoms with Crippen molar-refractivity contribution in [3.8, 4) is 0 Å². The van der Waals surface area contributed by atoms with Gasteiger partial charge in [0.2, 0.25) is 0 Å². The maximum absolute atomic E-state index is 11.5. The van der Waals surface area contributed by atoms with Gasteiger partial charge in [-0.1, -0.05) is 24.3 Å². The minimum absolute atomic E-state index is 0.234. The number of rotatable bonds is 6. The zero-order chi connectivity index (χ0) is 15.2. The van der Waals surface area contributed by atoms with E-state index in [1.165, 1.54) is 16.0 Å². The normalized spacial score (nSPS) is 12.1. The van der Waals surface area contributed by atoms with Crippen LogP contribution in [0.5, 0.6) is 0 Å². The van der Waals surface area contributed by atoms with Crippen molar-refractivity contribution >= 4 is 17.3 Å². The monoisotopic (exact) mass is 303 g/mol. The van der Waals surface area contributed by atoms with Crippen LogP contribution in [0.15, 0.2) is 36.4 Å². The highest BCUT2D eigenvalue weighted by molar-refractivity contribution is 7.12. The lowest BCUT2D eigenvalue weighted by Crippen LogP contribution is -2.16. The van der Waals surface area contributed by atoms with Crippen molar-refractivity contribution < 1.29 is 9.53 Å². The molecule has 0 amide bonds. The van der Waals surface area contributed by atoms with Gasteiger partial charge in [-0.2, -0.15) is 0 Å². The third-order valence-electron chi connectivity index (χ3n) is 3.37. The molecule has 0 aliphatic heterocycles. The highest BCUT2D eigenvalue weighted by Crippen LogP contribution is 2.26. The van der Waals surface area contributed by atoms with Crippen LogP contribution in [0.3, 0.4) is 0 Å². The molecule has 1 atom stereocenters. The summed E-state index contributed by atoms with van der Waals surface area (Å²) in [6.45, 7) is 4.32. The Bertz CT molecular complexity index is 606. The molecule has 1 aromatic heterocycles. The molecule has 21 heavy (non-hydrogen) atoms. The summed E-state index contributed by atoms with van der Waals surface area (Å²) < 4.78 is 4.94. The molecule has 3 nitrogen and oxygen atoms in total. The average molecular weight is 303 g/mol. The van der Waals surface area contributed by atoms with Gasteiger partial charge in [0.1, 0.15) is 0 Å². The van der Waals surface area contributed by atoms with Crippen LogP contribution in [0, 0.1) is 6.92 Å². The highest BCUT2D eigenvalue weighted by atomic mass is 32.1. The first kappa shape index (κ1) is 15.7. The number of thiophene rings is 1. The lowest BCUT2D eigenvalue weighted by atomic mass is 10.1. The summed E-state index contributed by atoms with van der Waals surface area (Å²) in [7, 11) is 0. The topological polar surface area (TPSA) is 52.3 Å². The van der Waals surface area contributed by atoms with E-state index in [0.717, 1.165) is 11.3 Å². The van der Waals surface area contributed by atoms with Gasteiger partial charge in [-0.15, -0.1) is 11.3 Å². The largest absolute Gasteiger partial charge is 0.466 e. The Balaban J connectivity index is 2.01. The lowest BCUT2D eigenvalue weighted by molar-refractivity contribution is -0.143. The molecule has 1 unspecified atom stereocenters. The average Bonchev–Trinajstić information content (AvgIpc) is 2.90. The molecule has 2 rings (SSSR count). The summed E-state index contributed by atoms with van der Waals surface area (Å²) in [5, 5.41) is 0. The number of esters is 1. The van der Waals surface area contributed by atoms with Crippen LogP contribution in [-0.2, 0) is 16.0 Å². The molecule has 0 spiro atoms. The second-order valence-corrected chi connectivity index (χ2v) is 6.22. The van der Waals surface area contributed by atoms with Gasteiger partial charge in [0.05, 0.1) is 13.0 Å². The first-order chi connectivity index (χ1) is 10.1. The van der Waals surface area contributed by atoms with Crippen molar-refractivity contribution in [2.24, 2.45) is 5.73 Å². The molecule has 1 heterocycles. The zero-order valence-corrected chi connectivity index (χ0v) is 13.3. The van der Waals surface area contributed by atoms with Gasteiger partial charge < -0.3 is 10.5 Å². The van der Waals surface area contributed by atoms with Crippen LogP contribution in [0.2, 0.25) is 0 Å². The van der Waals surface area contributed by atoms with E-state index < -0.39 is 0 Å². The minimum atomic E-state index is -0.278. The SMILES string of the molecule is CCOC(=O)CC(N)c1ccc(Cc2ccccc2C)s1. The standard InChI is InChI=1S/C17H21NO2S/c1-3-20-17(19)11-15(18)16-9-8-14(21-16)10-13-7-5-4-6-12(13)2/h4-9,15H,3,10-11,18H2,1-2H3. The van der Waals surface area contributed by atoms with Crippen molar-refractivity contribution in [2.45, 2.75) is 32.7 Å². The van der Waals surface area contributed by atoms with Crippen LogP contribution in [0.1, 0.15) is 40.3 Å². The zero-order valence-electron chi connectivity index (χ0n) is 12.5. The molecule has 0 fully saturated rings. The third kappa shape index (κ3) is 4.41. The van der Waals surface area contributed by atoms with Crippen LogP contribution in [0.25, 0.3) is 0 Å². The third-order valence-corrected chi connectivity index (χ3v) is 4.58. The number of nitrogens with two attached hydrogens (primary N) is 1. The van der Waals surface area contributed by atoms with Gasteiger partial charge in [0.15, 0.2) is 0 Å². The van der Waals surface area contributed by atoms with Gasteiger partial charge in [0, 0.05) is 22.2 Å². The van der Waals surface area contributed by atoms with Crippen LogP contribution < -0.4 is 5.73 Å². The number of aryl methyl sites for hydroxylation is 1. The first-order valence-corrected chi connectivity index (χ1v) is 7.96. The van der Waals surface area contributed by atoms with Crippen LogP contribution in [-0.4, -0.2) is 12.6 Å². The van der Waals surface area contributed by atoms with Crippen LogP contribution in [0.4, 0.5) is 0 Å². The predicted octanol–water partition coefficient (Wildman–Crippen LogP) is 3.60. The molecular formula is C17H21NO2S. The Morgan fingerprint density at radius 2 is 2.05 bits per heavy atom. The molecule has 2 N–H and O–H groups in total. The predicted molar refractivity (Wildman–Crippen MR) is 86.5 cm³/mol. The Labute approximate surface area is 129 Å². The number of hydrogen-bond donors (Lipinski definition) is 1. The second kappa shape index (κ2) is 7.38. The van der Waals surface area contributed by atoms with Crippen molar-refractivity contribution in [3.05, 3.63) is 57.3 Å². The summed E-state index contributed by atoms with van der Waals surface area (Å²) in [5.74, 6) is -0.237. The molecule has 0 bridgehead atoms. The lowest BCUT2D eigenvalue weighted by Gasteiger charge is -2.08. The van der Waals surface area contributed by atoms with Gasteiger partial charge in [-0.3, -0.25) is 4.79 Å². The van der Waals surface area contributed by atoms with E-state index in [1.54, 1.807) is 18.3 Å². The van der Waals surface area contributed by atoms with Crippen molar-refractivity contribution in [2.75, 3.05) is 6.61 Å². The van der Waals surface area contributed by atoms with E-state index in [4.69, 9.17) is 10.5 Å². The van der Waals surface area contributed by atoms with E-state index >= 15 is 0 Å². The fraction of sp³-hybridized carbons (Fsp3) is 0.353. The van der Waals surface area contributed by atoms with Crippen molar-refractivity contribution in [1.82, 2.24) is 0 Å². The number of ether oxygens (including phenoxy) is 1. The van der Waals surface area contributed by atoms with Crippen molar-refractivity contribution in [3.63, 3.8) is 0 Å². The Morgan fingerprint density at radius 1 is 1.29 bits per heavy atom. The van der Waals surface area contributed by atoms with E-state index in [-0.39, 0.29) is 18.4 Å². The summed E-state index contributed by atoms with van der Waals surface area (Å²) in [5.41, 5.74) is 8.69. The maximum atomic E-state index is 11.5. The number of carbonyl (C=O) groups excluding carboxylic acids is 1. The smallest absolute Gasteiger partial charge is 0.307 e. The second-order valence-electron chi connectivity index (χ2n) is 5.02. The molecule has 1 aromatic carbocycles. The first-order valence-electron chi connectivity index (χ1n) is 7.14. The molecular weight excluding hydrogens is 282 g/mol. The fourth-order valence-corrected chi connectivity index (χ4v) is 3.22. The highest BCUT2D eigenvalue weighted by Gasteiger charge is 2.14. The summed E-state index contributed by atoms with van der Waals surface area (Å²) in [6, 6.07) is 12.2. The van der Waals surface area contributed by atoms with Gasteiger partial charge in [0.25, 0.3) is 0 Å². The summed E-state index contributed by atoms with van der Waals surface area (Å²) in [6.07, 6.45) is 1.14. The van der Waals surface area contributed by atoms with Gasteiger partial charge >= 0.3 is 5.97 Å². The van der Waals surface area contributed by atoms with Crippen molar-refractivity contribution in [1.29, 1.82) is 0 Å². The fourth-order valence-electron chi connectivity index (χ4n) is 2.18. The molecule has 112 valence electrons. The molecule has 0 aliphatic rings. The maximum Gasteiger partial charge on any atom is 0.307 e.